The average Bonchev–Trinajstić information content (AvgIpc) is 2.70. The lowest BCUT2D eigenvalue weighted by atomic mass is 9.53. The topological polar surface area (TPSA) is 114 Å². The highest BCUT2D eigenvalue weighted by Gasteiger charge is 2.51. The van der Waals surface area contributed by atoms with E-state index >= 15 is 0 Å². The van der Waals surface area contributed by atoms with Crippen LogP contribution >= 0.6 is 0 Å². The van der Waals surface area contributed by atoms with Crippen molar-refractivity contribution < 1.29 is 23.9 Å². The molecule has 4 bridgehead atoms. The molecule has 166 valence electrons. The van der Waals surface area contributed by atoms with Gasteiger partial charge in [0, 0.05) is 5.54 Å². The van der Waals surface area contributed by atoms with Crippen LogP contribution in [-0.2, 0) is 25.5 Å². The normalized spacial score (nSPS) is 27.9. The summed E-state index contributed by atoms with van der Waals surface area (Å²) in [6.45, 7) is -0.903. The standard InChI is InChI=1S/C23H29N3O5/c27-19(9-15-4-2-1-3-5-15)24-13-21(29)31-14-20(28)25-22(30)26-23-10-16-6-17(11-23)8-18(7-16)12-23/h1-5,16-18H,6-14H2,(H,24,27)(H2,25,26,28,30). The van der Waals surface area contributed by atoms with Crippen LogP contribution in [0.3, 0.4) is 0 Å². The van der Waals surface area contributed by atoms with E-state index in [1.807, 2.05) is 30.3 Å². The van der Waals surface area contributed by atoms with Crippen molar-refractivity contribution in [2.75, 3.05) is 13.2 Å². The van der Waals surface area contributed by atoms with Gasteiger partial charge in [0.25, 0.3) is 5.91 Å². The Bertz CT molecular complexity index is 819. The highest BCUT2D eigenvalue weighted by atomic mass is 16.5. The van der Waals surface area contributed by atoms with Crippen molar-refractivity contribution >= 4 is 23.8 Å². The molecule has 8 nitrogen and oxygen atoms in total. The quantitative estimate of drug-likeness (QED) is 0.573. The number of amides is 4. The second-order valence-electron chi connectivity index (χ2n) is 9.30. The zero-order valence-corrected chi connectivity index (χ0v) is 17.5. The summed E-state index contributed by atoms with van der Waals surface area (Å²) in [6.07, 6.45) is 6.89. The number of hydrogen-bond donors (Lipinski definition) is 3. The molecule has 0 heterocycles. The number of rotatable bonds is 7. The van der Waals surface area contributed by atoms with E-state index in [0.717, 1.165) is 24.8 Å². The third-order valence-electron chi connectivity index (χ3n) is 6.67. The Kier molecular flexibility index (Phi) is 6.25. The number of ether oxygens (including phenoxy) is 1. The summed E-state index contributed by atoms with van der Waals surface area (Å²) in [6, 6.07) is 8.61. The van der Waals surface area contributed by atoms with Gasteiger partial charge < -0.3 is 15.4 Å². The van der Waals surface area contributed by atoms with Gasteiger partial charge in [-0.25, -0.2) is 4.79 Å². The maximum absolute atomic E-state index is 12.3. The monoisotopic (exact) mass is 427 g/mol. The van der Waals surface area contributed by atoms with E-state index in [9.17, 15) is 19.2 Å². The molecule has 4 amide bonds. The SMILES string of the molecule is O=C(Cc1ccccc1)NCC(=O)OCC(=O)NC(=O)NC12CC3CC(CC(C3)C1)C2. The van der Waals surface area contributed by atoms with Crippen LogP contribution in [0.2, 0.25) is 0 Å². The molecule has 8 heteroatoms. The molecule has 4 aliphatic rings. The van der Waals surface area contributed by atoms with Crippen molar-refractivity contribution in [1.82, 2.24) is 16.0 Å². The molecule has 4 fully saturated rings. The first kappa shape index (κ1) is 21.3. The Labute approximate surface area is 181 Å². The smallest absolute Gasteiger partial charge is 0.325 e. The van der Waals surface area contributed by atoms with Crippen LogP contribution in [0.4, 0.5) is 4.79 Å². The van der Waals surface area contributed by atoms with Gasteiger partial charge >= 0.3 is 12.0 Å². The van der Waals surface area contributed by atoms with Crippen LogP contribution in [0.1, 0.15) is 44.1 Å². The van der Waals surface area contributed by atoms with E-state index in [4.69, 9.17) is 4.74 Å². The number of carbonyl (C=O) groups is 4. The predicted molar refractivity (Wildman–Crippen MR) is 112 cm³/mol. The number of urea groups is 1. The molecule has 4 aliphatic carbocycles. The summed E-state index contributed by atoms with van der Waals surface area (Å²) in [5.41, 5.74) is 0.636. The van der Waals surface area contributed by atoms with E-state index in [2.05, 4.69) is 16.0 Å². The van der Waals surface area contributed by atoms with Crippen molar-refractivity contribution in [3.63, 3.8) is 0 Å². The van der Waals surface area contributed by atoms with Gasteiger partial charge in [-0.2, -0.15) is 0 Å². The zero-order valence-electron chi connectivity index (χ0n) is 17.5. The van der Waals surface area contributed by atoms with Gasteiger partial charge in [-0.1, -0.05) is 30.3 Å². The molecule has 31 heavy (non-hydrogen) atoms. The maximum atomic E-state index is 12.3. The highest BCUT2D eigenvalue weighted by Crippen LogP contribution is 2.55. The molecule has 3 N–H and O–H groups in total. The molecule has 0 spiro atoms. The molecule has 1 aromatic carbocycles. The molecule has 0 saturated heterocycles. The van der Waals surface area contributed by atoms with Gasteiger partial charge in [-0.3, -0.25) is 19.7 Å². The average molecular weight is 428 g/mol. The van der Waals surface area contributed by atoms with Crippen molar-refractivity contribution in [3.05, 3.63) is 35.9 Å². The third kappa shape index (κ3) is 5.62. The number of imide groups is 1. The Balaban J connectivity index is 1.13. The zero-order chi connectivity index (χ0) is 21.8. The lowest BCUT2D eigenvalue weighted by Gasteiger charge is -2.56. The molecule has 1 aromatic rings. The first-order chi connectivity index (χ1) is 14.9. The first-order valence-electron chi connectivity index (χ1n) is 11.0. The summed E-state index contributed by atoms with van der Waals surface area (Å²) in [4.78, 5) is 47.9. The van der Waals surface area contributed by atoms with Crippen LogP contribution in [0.15, 0.2) is 30.3 Å². The first-order valence-corrected chi connectivity index (χ1v) is 11.0. The van der Waals surface area contributed by atoms with Gasteiger partial charge in [-0.15, -0.1) is 0 Å². The summed E-state index contributed by atoms with van der Waals surface area (Å²) >= 11 is 0. The maximum Gasteiger partial charge on any atom is 0.325 e. The lowest BCUT2D eigenvalue weighted by Crippen LogP contribution is -2.62. The minimum atomic E-state index is -0.738. The summed E-state index contributed by atoms with van der Waals surface area (Å²) in [7, 11) is 0. The van der Waals surface area contributed by atoms with Crippen LogP contribution < -0.4 is 16.0 Å². The fourth-order valence-corrected chi connectivity index (χ4v) is 5.91. The molecule has 0 atom stereocenters. The van der Waals surface area contributed by atoms with Crippen LogP contribution in [0.25, 0.3) is 0 Å². The minimum absolute atomic E-state index is 0.152. The fourth-order valence-electron chi connectivity index (χ4n) is 5.91. The summed E-state index contributed by atoms with van der Waals surface area (Å²) < 4.78 is 4.85. The number of benzene rings is 1. The molecular formula is C23H29N3O5. The van der Waals surface area contributed by atoms with Crippen molar-refractivity contribution in [2.45, 2.75) is 50.5 Å². The number of nitrogens with one attached hydrogen (secondary N) is 3. The largest absolute Gasteiger partial charge is 0.454 e. The van der Waals surface area contributed by atoms with E-state index in [0.29, 0.717) is 17.8 Å². The number of carbonyl (C=O) groups excluding carboxylic acids is 4. The summed E-state index contributed by atoms with van der Waals surface area (Å²) in [5.74, 6) is 0.299. The molecule has 5 rings (SSSR count). The molecule has 4 saturated carbocycles. The number of esters is 1. The summed E-state index contributed by atoms with van der Waals surface area (Å²) in [5, 5.41) is 7.75. The van der Waals surface area contributed by atoms with Crippen molar-refractivity contribution in [2.24, 2.45) is 17.8 Å². The van der Waals surface area contributed by atoms with Crippen LogP contribution in [0, 0.1) is 17.8 Å². The van der Waals surface area contributed by atoms with Gasteiger partial charge in [0.1, 0.15) is 6.54 Å². The Morgan fingerprint density at radius 1 is 0.903 bits per heavy atom. The highest BCUT2D eigenvalue weighted by molar-refractivity contribution is 5.96. The molecule has 0 radical (unpaired) electrons. The lowest BCUT2D eigenvalue weighted by molar-refractivity contribution is -0.148. The van der Waals surface area contributed by atoms with Crippen LogP contribution in [-0.4, -0.2) is 42.5 Å². The Morgan fingerprint density at radius 2 is 1.52 bits per heavy atom. The van der Waals surface area contributed by atoms with E-state index < -0.39 is 24.5 Å². The predicted octanol–water partition coefficient (Wildman–Crippen LogP) is 1.68. The van der Waals surface area contributed by atoms with Crippen molar-refractivity contribution in [3.8, 4) is 0 Å². The van der Waals surface area contributed by atoms with Gasteiger partial charge in [0.2, 0.25) is 5.91 Å². The number of hydrogen-bond acceptors (Lipinski definition) is 5. The molecule has 0 aromatic heterocycles. The second kappa shape index (κ2) is 9.08. The molecular weight excluding hydrogens is 398 g/mol. The van der Waals surface area contributed by atoms with Gasteiger partial charge in [0.05, 0.1) is 6.42 Å². The fraction of sp³-hybridized carbons (Fsp3) is 0.565. The Hall–Kier alpha value is -2.90. The van der Waals surface area contributed by atoms with Gasteiger partial charge in [-0.05, 0) is 61.8 Å². The van der Waals surface area contributed by atoms with E-state index in [-0.39, 0.29) is 24.4 Å². The third-order valence-corrected chi connectivity index (χ3v) is 6.67. The van der Waals surface area contributed by atoms with E-state index in [1.54, 1.807) is 0 Å². The minimum Gasteiger partial charge on any atom is -0.454 e. The van der Waals surface area contributed by atoms with Gasteiger partial charge in [0.15, 0.2) is 6.61 Å². The van der Waals surface area contributed by atoms with Crippen LogP contribution in [0.5, 0.6) is 0 Å². The van der Waals surface area contributed by atoms with E-state index in [1.165, 1.54) is 19.3 Å². The molecule has 0 unspecified atom stereocenters. The molecule has 0 aliphatic heterocycles. The Morgan fingerprint density at radius 3 is 2.13 bits per heavy atom. The van der Waals surface area contributed by atoms with Crippen molar-refractivity contribution in [1.29, 1.82) is 0 Å². The second-order valence-corrected chi connectivity index (χ2v) is 9.30.